The summed E-state index contributed by atoms with van der Waals surface area (Å²) in [6.07, 6.45) is 1.41. The van der Waals surface area contributed by atoms with Gasteiger partial charge in [-0.1, -0.05) is 36.4 Å². The quantitative estimate of drug-likeness (QED) is 0.350. The van der Waals surface area contributed by atoms with Crippen molar-refractivity contribution in [2.24, 2.45) is 0 Å². The van der Waals surface area contributed by atoms with Crippen LogP contribution in [-0.4, -0.2) is 47.9 Å². The molecule has 0 spiro atoms. The van der Waals surface area contributed by atoms with Crippen molar-refractivity contribution in [1.82, 2.24) is 0 Å². The summed E-state index contributed by atoms with van der Waals surface area (Å²) >= 11 is 0. The van der Waals surface area contributed by atoms with Crippen LogP contribution < -0.4 is 24.3 Å². The van der Waals surface area contributed by atoms with Crippen molar-refractivity contribution in [3.8, 4) is 23.0 Å². The van der Waals surface area contributed by atoms with Crippen molar-refractivity contribution in [1.29, 1.82) is 0 Å². The Bertz CT molecular complexity index is 1350. The first-order valence-electron chi connectivity index (χ1n) is 11.1. The summed E-state index contributed by atoms with van der Waals surface area (Å²) < 4.78 is 47.3. The maximum absolute atomic E-state index is 13.0. The minimum atomic E-state index is -3.74. The van der Waals surface area contributed by atoms with Crippen LogP contribution in [0.15, 0.2) is 66.1 Å². The average molecular weight is 528 g/mol. The zero-order valence-electron chi connectivity index (χ0n) is 20.9. The van der Waals surface area contributed by atoms with Crippen molar-refractivity contribution in [3.63, 3.8) is 0 Å². The third kappa shape index (κ3) is 6.95. The summed E-state index contributed by atoms with van der Waals surface area (Å²) in [6.45, 7) is 0. The Morgan fingerprint density at radius 2 is 1.51 bits per heavy atom. The van der Waals surface area contributed by atoms with Crippen molar-refractivity contribution < 1.29 is 37.3 Å². The Kier molecular flexibility index (Phi) is 9.02. The first kappa shape index (κ1) is 27.4. The molecule has 3 rings (SSSR count). The number of nitrogens with one attached hydrogen (secondary N) is 1. The molecule has 0 saturated carbocycles. The summed E-state index contributed by atoms with van der Waals surface area (Å²) in [5.74, 6) is 0.246. The first-order valence-corrected chi connectivity index (χ1v) is 12.8. The van der Waals surface area contributed by atoms with E-state index in [4.69, 9.17) is 18.9 Å². The maximum atomic E-state index is 13.0. The van der Waals surface area contributed by atoms with E-state index in [-0.39, 0.29) is 5.75 Å². The van der Waals surface area contributed by atoms with Gasteiger partial charge in [0.15, 0.2) is 15.9 Å². The molecule has 0 aromatic heterocycles. The summed E-state index contributed by atoms with van der Waals surface area (Å²) in [5.41, 5.74) is 1.78. The molecule has 0 bridgehead atoms. The van der Waals surface area contributed by atoms with E-state index in [2.05, 4.69) is 5.32 Å². The molecule has 3 aromatic carbocycles. The van der Waals surface area contributed by atoms with Crippen molar-refractivity contribution in [3.05, 3.63) is 82.8 Å². The highest BCUT2D eigenvalue weighted by Gasteiger charge is 2.22. The number of anilines is 1. The SMILES string of the molecule is COc1cc(OC)c(C=CS(=O)(=O)Cc2ccc(OC)c(N[C@H](C(=O)O)c3ccccc3)c2)c(OC)c1. The van der Waals surface area contributed by atoms with E-state index in [1.54, 1.807) is 60.7 Å². The lowest BCUT2D eigenvalue weighted by Crippen LogP contribution is -2.21. The molecule has 9 nitrogen and oxygen atoms in total. The highest BCUT2D eigenvalue weighted by molar-refractivity contribution is 7.93. The van der Waals surface area contributed by atoms with Gasteiger partial charge in [0.2, 0.25) is 0 Å². The number of carboxylic acids is 1. The molecule has 3 aromatic rings. The standard InChI is InChI=1S/C27H29NO8S/c1-33-20-15-24(35-3)21(25(16-20)36-4)12-13-37(31,32)17-18-10-11-23(34-2)22(14-18)28-26(27(29)30)19-8-6-5-7-9-19/h5-16,26,28H,17H2,1-4H3,(H,29,30)/t26-/m0/s1. The van der Waals surface area contributed by atoms with Gasteiger partial charge in [-0.05, 0) is 29.3 Å². The molecular formula is C27H29NO8S. The molecule has 1 atom stereocenters. The van der Waals surface area contributed by atoms with Crippen LogP contribution >= 0.6 is 0 Å². The third-order valence-corrected chi connectivity index (χ3v) is 6.79. The highest BCUT2D eigenvalue weighted by atomic mass is 32.2. The lowest BCUT2D eigenvalue weighted by molar-refractivity contribution is -0.138. The van der Waals surface area contributed by atoms with Gasteiger partial charge in [0, 0.05) is 17.5 Å². The van der Waals surface area contributed by atoms with Gasteiger partial charge < -0.3 is 29.4 Å². The molecule has 0 unspecified atom stereocenters. The van der Waals surface area contributed by atoms with E-state index in [1.807, 2.05) is 0 Å². The number of aliphatic carboxylic acids is 1. The normalized spacial score (nSPS) is 12.1. The fourth-order valence-electron chi connectivity index (χ4n) is 3.70. The van der Waals surface area contributed by atoms with E-state index in [0.29, 0.717) is 45.4 Å². The molecule has 0 radical (unpaired) electrons. The van der Waals surface area contributed by atoms with E-state index >= 15 is 0 Å². The second-order valence-electron chi connectivity index (χ2n) is 7.92. The van der Waals surface area contributed by atoms with Gasteiger partial charge in [-0.3, -0.25) is 0 Å². The number of carboxylic acid groups (broad SMARTS) is 1. The Morgan fingerprint density at radius 3 is 2.05 bits per heavy atom. The van der Waals surface area contributed by atoms with E-state index in [1.165, 1.54) is 34.5 Å². The molecule has 2 N–H and O–H groups in total. The van der Waals surface area contributed by atoms with Crippen LogP contribution in [0.2, 0.25) is 0 Å². The van der Waals surface area contributed by atoms with Crippen molar-refractivity contribution in [2.75, 3.05) is 33.8 Å². The fourth-order valence-corrected chi connectivity index (χ4v) is 4.78. The number of benzene rings is 3. The lowest BCUT2D eigenvalue weighted by Gasteiger charge is -2.19. The van der Waals surface area contributed by atoms with Crippen molar-refractivity contribution in [2.45, 2.75) is 11.8 Å². The predicted molar refractivity (Wildman–Crippen MR) is 141 cm³/mol. The molecule has 196 valence electrons. The largest absolute Gasteiger partial charge is 0.496 e. The summed E-state index contributed by atoms with van der Waals surface area (Å²) in [7, 11) is 2.15. The van der Waals surface area contributed by atoms with Crippen LogP contribution in [0.5, 0.6) is 23.0 Å². The topological polar surface area (TPSA) is 120 Å². The van der Waals surface area contributed by atoms with E-state index in [0.717, 1.165) is 5.41 Å². The zero-order valence-corrected chi connectivity index (χ0v) is 21.7. The summed E-state index contributed by atoms with van der Waals surface area (Å²) in [6, 6.07) is 15.6. The number of rotatable bonds is 12. The van der Waals surface area contributed by atoms with Crippen LogP contribution in [0.25, 0.3) is 6.08 Å². The molecule has 37 heavy (non-hydrogen) atoms. The Morgan fingerprint density at radius 1 is 0.892 bits per heavy atom. The molecular weight excluding hydrogens is 498 g/mol. The van der Waals surface area contributed by atoms with E-state index < -0.39 is 21.8 Å². The summed E-state index contributed by atoms with van der Waals surface area (Å²) in [4.78, 5) is 11.9. The molecule has 0 saturated heterocycles. The maximum Gasteiger partial charge on any atom is 0.330 e. The minimum Gasteiger partial charge on any atom is -0.496 e. The molecule has 10 heteroatoms. The number of hydrogen-bond donors (Lipinski definition) is 2. The number of ether oxygens (including phenoxy) is 4. The lowest BCUT2D eigenvalue weighted by atomic mass is 10.1. The van der Waals surface area contributed by atoms with Crippen LogP contribution in [0.1, 0.15) is 22.7 Å². The van der Waals surface area contributed by atoms with Crippen LogP contribution in [0.3, 0.4) is 0 Å². The molecule has 0 heterocycles. The zero-order chi connectivity index (χ0) is 27.0. The molecule has 0 aliphatic carbocycles. The van der Waals surface area contributed by atoms with Gasteiger partial charge in [0.1, 0.15) is 23.0 Å². The van der Waals surface area contributed by atoms with Crippen LogP contribution in [0, 0.1) is 0 Å². The minimum absolute atomic E-state index is 0.327. The Hall–Kier alpha value is -4.18. The molecule has 0 aliphatic heterocycles. The second-order valence-corrected chi connectivity index (χ2v) is 9.80. The number of hydrogen-bond acceptors (Lipinski definition) is 8. The van der Waals surface area contributed by atoms with Crippen LogP contribution in [0.4, 0.5) is 5.69 Å². The molecule has 0 aliphatic rings. The monoisotopic (exact) mass is 527 g/mol. The van der Waals surface area contributed by atoms with Crippen molar-refractivity contribution >= 4 is 27.6 Å². The van der Waals surface area contributed by atoms with Gasteiger partial charge in [-0.25, -0.2) is 13.2 Å². The number of methoxy groups -OCH3 is 4. The molecule has 0 fully saturated rings. The smallest absolute Gasteiger partial charge is 0.330 e. The Balaban J connectivity index is 1.89. The van der Waals surface area contributed by atoms with Gasteiger partial charge in [-0.2, -0.15) is 0 Å². The van der Waals surface area contributed by atoms with Gasteiger partial charge in [0.25, 0.3) is 0 Å². The number of sulfone groups is 1. The summed E-state index contributed by atoms with van der Waals surface area (Å²) in [5, 5.41) is 13.8. The highest BCUT2D eigenvalue weighted by Crippen LogP contribution is 2.35. The Labute approximate surface area is 216 Å². The van der Waals surface area contributed by atoms with Crippen LogP contribution in [-0.2, 0) is 20.4 Å². The average Bonchev–Trinajstić information content (AvgIpc) is 2.90. The van der Waals surface area contributed by atoms with E-state index in [9.17, 15) is 18.3 Å². The molecule has 0 amide bonds. The fraction of sp³-hybridized carbons (Fsp3) is 0.222. The third-order valence-electron chi connectivity index (χ3n) is 5.51. The van der Waals surface area contributed by atoms with Gasteiger partial charge in [0.05, 0.1) is 45.4 Å². The number of carbonyl (C=O) groups is 1. The predicted octanol–water partition coefficient (Wildman–Crippen LogP) is 4.54. The van der Waals surface area contributed by atoms with Gasteiger partial charge in [-0.15, -0.1) is 0 Å². The van der Waals surface area contributed by atoms with Gasteiger partial charge >= 0.3 is 5.97 Å². The first-order chi connectivity index (χ1) is 17.7. The second kappa shape index (κ2) is 12.2.